The Labute approximate surface area is 99.7 Å². The predicted molar refractivity (Wildman–Crippen MR) is 62.6 cm³/mol. The average molecular weight is 253 g/mol. The minimum absolute atomic E-state index is 0.121. The standard InChI is InChI=1S/C9H7N3O2S2/c13-12(14)8-3-1-2-7(4-8)5-15-9-11-10-6-16-9/h1-4,6H,5H2. The number of aromatic nitrogens is 2. The number of hydrogen-bond acceptors (Lipinski definition) is 6. The maximum Gasteiger partial charge on any atom is 0.269 e. The highest BCUT2D eigenvalue weighted by atomic mass is 32.2. The Morgan fingerprint density at radius 3 is 3.06 bits per heavy atom. The van der Waals surface area contributed by atoms with Crippen LogP contribution in [0.3, 0.4) is 0 Å². The average Bonchev–Trinajstić information content (AvgIpc) is 2.79. The minimum atomic E-state index is -0.390. The van der Waals surface area contributed by atoms with Crippen molar-refractivity contribution < 1.29 is 4.92 Å². The minimum Gasteiger partial charge on any atom is -0.258 e. The third-order valence-electron chi connectivity index (χ3n) is 1.82. The third kappa shape index (κ3) is 2.77. The predicted octanol–water partition coefficient (Wildman–Crippen LogP) is 2.74. The van der Waals surface area contributed by atoms with Gasteiger partial charge in [0.2, 0.25) is 0 Å². The summed E-state index contributed by atoms with van der Waals surface area (Å²) in [4.78, 5) is 10.2. The van der Waals surface area contributed by atoms with Crippen molar-refractivity contribution in [2.45, 2.75) is 10.1 Å². The Morgan fingerprint density at radius 1 is 1.50 bits per heavy atom. The zero-order chi connectivity index (χ0) is 11.4. The Balaban J connectivity index is 2.04. The molecule has 1 aromatic carbocycles. The van der Waals surface area contributed by atoms with Crippen LogP contribution in [0.25, 0.3) is 0 Å². The van der Waals surface area contributed by atoms with Gasteiger partial charge in [-0.25, -0.2) is 0 Å². The molecule has 0 atom stereocenters. The highest BCUT2D eigenvalue weighted by molar-refractivity contribution is 8.00. The van der Waals surface area contributed by atoms with Gasteiger partial charge in [0.25, 0.3) is 5.69 Å². The van der Waals surface area contributed by atoms with Gasteiger partial charge in [0.15, 0.2) is 4.34 Å². The van der Waals surface area contributed by atoms with E-state index in [2.05, 4.69) is 10.2 Å². The molecule has 0 amide bonds. The highest BCUT2D eigenvalue weighted by Gasteiger charge is 2.06. The van der Waals surface area contributed by atoms with Gasteiger partial charge in [-0.3, -0.25) is 10.1 Å². The van der Waals surface area contributed by atoms with Crippen molar-refractivity contribution in [2.75, 3.05) is 0 Å². The summed E-state index contributed by atoms with van der Waals surface area (Å²) in [7, 11) is 0. The van der Waals surface area contributed by atoms with Crippen molar-refractivity contribution in [3.63, 3.8) is 0 Å². The van der Waals surface area contributed by atoms with Crippen molar-refractivity contribution in [1.82, 2.24) is 10.2 Å². The molecule has 2 aromatic rings. The fraction of sp³-hybridized carbons (Fsp3) is 0.111. The molecule has 0 fully saturated rings. The van der Waals surface area contributed by atoms with Crippen LogP contribution in [0.5, 0.6) is 0 Å². The van der Waals surface area contributed by atoms with Crippen LogP contribution in [-0.2, 0) is 5.75 Å². The normalized spacial score (nSPS) is 10.2. The quantitative estimate of drug-likeness (QED) is 0.476. The first-order chi connectivity index (χ1) is 7.75. The van der Waals surface area contributed by atoms with Crippen molar-refractivity contribution >= 4 is 28.8 Å². The lowest BCUT2D eigenvalue weighted by Crippen LogP contribution is -1.89. The summed E-state index contributed by atoms with van der Waals surface area (Å²) in [6.45, 7) is 0. The molecule has 82 valence electrons. The Morgan fingerprint density at radius 2 is 2.38 bits per heavy atom. The van der Waals surface area contributed by atoms with E-state index in [-0.39, 0.29) is 10.6 Å². The topological polar surface area (TPSA) is 68.9 Å². The highest BCUT2D eigenvalue weighted by Crippen LogP contribution is 2.25. The van der Waals surface area contributed by atoms with Gasteiger partial charge in [-0.15, -0.1) is 10.2 Å². The molecule has 0 unspecified atom stereocenters. The third-order valence-corrected chi connectivity index (χ3v) is 3.76. The van der Waals surface area contributed by atoms with Crippen molar-refractivity contribution in [3.8, 4) is 0 Å². The van der Waals surface area contributed by atoms with Gasteiger partial charge in [0, 0.05) is 17.9 Å². The molecule has 2 rings (SSSR count). The lowest BCUT2D eigenvalue weighted by Gasteiger charge is -1.98. The van der Waals surface area contributed by atoms with E-state index >= 15 is 0 Å². The van der Waals surface area contributed by atoms with Crippen molar-refractivity contribution in [1.29, 1.82) is 0 Å². The van der Waals surface area contributed by atoms with Gasteiger partial charge in [-0.1, -0.05) is 35.2 Å². The molecule has 1 heterocycles. The summed E-state index contributed by atoms with van der Waals surface area (Å²) in [5.41, 5.74) is 2.69. The van der Waals surface area contributed by atoms with Gasteiger partial charge in [0.1, 0.15) is 5.51 Å². The lowest BCUT2D eigenvalue weighted by atomic mass is 10.2. The van der Waals surface area contributed by atoms with Gasteiger partial charge in [-0.05, 0) is 5.56 Å². The summed E-state index contributed by atoms with van der Waals surface area (Å²) in [6, 6.07) is 6.61. The molecule has 0 spiro atoms. The molecule has 0 saturated heterocycles. The molecule has 7 heteroatoms. The molecule has 0 bridgehead atoms. The molecule has 1 aromatic heterocycles. The summed E-state index contributed by atoms with van der Waals surface area (Å²) < 4.78 is 0.867. The molecule has 0 N–H and O–H groups in total. The number of benzene rings is 1. The van der Waals surface area contributed by atoms with Crippen LogP contribution in [0.15, 0.2) is 34.1 Å². The second kappa shape index (κ2) is 5.04. The fourth-order valence-electron chi connectivity index (χ4n) is 1.13. The summed E-state index contributed by atoms with van der Waals surface area (Å²) in [6.07, 6.45) is 0. The number of rotatable bonds is 4. The Bertz CT molecular complexity index is 487. The van der Waals surface area contributed by atoms with E-state index in [1.54, 1.807) is 17.6 Å². The first kappa shape index (κ1) is 11.0. The van der Waals surface area contributed by atoms with Crippen LogP contribution in [-0.4, -0.2) is 15.1 Å². The van der Waals surface area contributed by atoms with E-state index in [0.717, 1.165) is 9.90 Å². The number of non-ortho nitro benzene ring substituents is 1. The van der Waals surface area contributed by atoms with E-state index in [4.69, 9.17) is 0 Å². The maximum atomic E-state index is 10.6. The van der Waals surface area contributed by atoms with E-state index in [0.29, 0.717) is 5.75 Å². The molecule has 0 aliphatic carbocycles. The van der Waals surface area contributed by atoms with Crippen LogP contribution in [0.1, 0.15) is 5.56 Å². The number of hydrogen-bond donors (Lipinski definition) is 0. The van der Waals surface area contributed by atoms with Crippen molar-refractivity contribution in [2.24, 2.45) is 0 Å². The van der Waals surface area contributed by atoms with Crippen LogP contribution >= 0.6 is 23.1 Å². The van der Waals surface area contributed by atoms with E-state index < -0.39 is 0 Å². The number of nitro groups is 1. The van der Waals surface area contributed by atoms with Crippen molar-refractivity contribution in [3.05, 3.63) is 45.5 Å². The van der Waals surface area contributed by atoms with Crippen LogP contribution < -0.4 is 0 Å². The fourth-order valence-corrected chi connectivity index (χ4v) is 2.56. The first-order valence-electron chi connectivity index (χ1n) is 4.38. The largest absolute Gasteiger partial charge is 0.269 e. The molecule has 0 aliphatic rings. The van der Waals surface area contributed by atoms with Crippen LogP contribution in [0.4, 0.5) is 5.69 Å². The second-order valence-electron chi connectivity index (χ2n) is 2.92. The van der Waals surface area contributed by atoms with Crippen LogP contribution in [0, 0.1) is 10.1 Å². The number of nitro benzene ring substituents is 1. The van der Waals surface area contributed by atoms with Gasteiger partial charge in [-0.2, -0.15) is 0 Å². The monoisotopic (exact) mass is 253 g/mol. The van der Waals surface area contributed by atoms with E-state index in [9.17, 15) is 10.1 Å². The lowest BCUT2D eigenvalue weighted by molar-refractivity contribution is -0.384. The number of nitrogens with zero attached hydrogens (tertiary/aromatic N) is 3. The molecule has 16 heavy (non-hydrogen) atoms. The second-order valence-corrected chi connectivity index (χ2v) is 4.98. The smallest absolute Gasteiger partial charge is 0.258 e. The molecule has 0 saturated carbocycles. The molecule has 0 aliphatic heterocycles. The Kier molecular flexibility index (Phi) is 3.47. The summed E-state index contributed by atoms with van der Waals surface area (Å²) in [5, 5.41) is 18.2. The van der Waals surface area contributed by atoms with Gasteiger partial charge in [0.05, 0.1) is 4.92 Å². The van der Waals surface area contributed by atoms with E-state index in [1.807, 2.05) is 6.07 Å². The summed E-state index contributed by atoms with van der Waals surface area (Å²) in [5.74, 6) is 0.664. The Hall–Kier alpha value is -1.47. The molecule has 5 nitrogen and oxygen atoms in total. The van der Waals surface area contributed by atoms with Gasteiger partial charge >= 0.3 is 0 Å². The van der Waals surface area contributed by atoms with Crippen LogP contribution in [0.2, 0.25) is 0 Å². The zero-order valence-corrected chi connectivity index (χ0v) is 9.70. The van der Waals surface area contributed by atoms with E-state index in [1.165, 1.54) is 29.2 Å². The zero-order valence-electron chi connectivity index (χ0n) is 8.07. The molecular formula is C9H7N3O2S2. The molecular weight excluding hydrogens is 246 g/mol. The first-order valence-corrected chi connectivity index (χ1v) is 6.24. The number of thioether (sulfide) groups is 1. The SMILES string of the molecule is O=[N+]([O-])c1cccc(CSc2nncs2)c1. The van der Waals surface area contributed by atoms with Gasteiger partial charge < -0.3 is 0 Å². The summed E-state index contributed by atoms with van der Waals surface area (Å²) >= 11 is 2.98. The maximum absolute atomic E-state index is 10.6. The molecule has 0 radical (unpaired) electrons.